The summed E-state index contributed by atoms with van der Waals surface area (Å²) in [6.07, 6.45) is 7.03. The quantitative estimate of drug-likeness (QED) is 0.763. The van der Waals surface area contributed by atoms with Gasteiger partial charge in [0.2, 0.25) is 5.89 Å². The Morgan fingerprint density at radius 1 is 1.20 bits per heavy atom. The van der Waals surface area contributed by atoms with Crippen molar-refractivity contribution >= 4 is 0 Å². The van der Waals surface area contributed by atoms with Gasteiger partial charge < -0.3 is 14.9 Å². The van der Waals surface area contributed by atoms with Gasteiger partial charge in [-0.05, 0) is 44.1 Å². The third-order valence-electron chi connectivity index (χ3n) is 5.17. The van der Waals surface area contributed by atoms with Gasteiger partial charge in [0.15, 0.2) is 5.82 Å². The average Bonchev–Trinajstić information content (AvgIpc) is 3.15. The van der Waals surface area contributed by atoms with Crippen molar-refractivity contribution in [2.75, 3.05) is 6.61 Å². The Hall–Kier alpha value is -1.72. The summed E-state index contributed by atoms with van der Waals surface area (Å²) in [6, 6.07) is 11.4. The highest BCUT2D eigenvalue weighted by Gasteiger charge is 2.27. The summed E-state index contributed by atoms with van der Waals surface area (Å²) in [5.41, 5.74) is 1.31. The summed E-state index contributed by atoms with van der Waals surface area (Å²) in [7, 11) is 0. The predicted octanol–water partition coefficient (Wildman–Crippen LogP) is 3.76. The van der Waals surface area contributed by atoms with Gasteiger partial charge in [-0.1, -0.05) is 42.4 Å². The Labute approximate surface area is 149 Å². The molecule has 0 saturated heterocycles. The van der Waals surface area contributed by atoms with Crippen molar-refractivity contribution in [3.8, 4) is 0 Å². The van der Waals surface area contributed by atoms with Crippen LogP contribution in [0.2, 0.25) is 0 Å². The molecule has 2 aromatic rings. The van der Waals surface area contributed by atoms with Gasteiger partial charge in [0.1, 0.15) is 0 Å². The second-order valence-electron chi connectivity index (χ2n) is 6.95. The zero-order chi connectivity index (χ0) is 17.5. The van der Waals surface area contributed by atoms with Crippen LogP contribution in [0.3, 0.4) is 0 Å². The second-order valence-corrected chi connectivity index (χ2v) is 6.95. The van der Waals surface area contributed by atoms with Gasteiger partial charge in [-0.3, -0.25) is 0 Å². The van der Waals surface area contributed by atoms with E-state index in [0.29, 0.717) is 18.0 Å². The molecule has 0 amide bonds. The van der Waals surface area contributed by atoms with Crippen LogP contribution in [0.5, 0.6) is 0 Å². The van der Waals surface area contributed by atoms with Crippen LogP contribution in [0.4, 0.5) is 0 Å². The van der Waals surface area contributed by atoms with Crippen LogP contribution >= 0.6 is 0 Å². The SMILES string of the molecule is CCc1noc(C2CCC(NC(CCCO)c3ccccc3)CC2)n1. The summed E-state index contributed by atoms with van der Waals surface area (Å²) in [5.74, 6) is 2.03. The molecule has 25 heavy (non-hydrogen) atoms. The summed E-state index contributed by atoms with van der Waals surface area (Å²) in [6.45, 7) is 2.29. The second kappa shape index (κ2) is 9.11. The molecule has 0 radical (unpaired) electrons. The first-order valence-electron chi connectivity index (χ1n) is 9.54. The van der Waals surface area contributed by atoms with Gasteiger partial charge in [-0.2, -0.15) is 4.98 Å². The van der Waals surface area contributed by atoms with Crippen molar-refractivity contribution in [2.45, 2.75) is 69.9 Å². The molecule has 136 valence electrons. The highest BCUT2D eigenvalue weighted by atomic mass is 16.5. The molecule has 1 saturated carbocycles. The number of hydrogen-bond acceptors (Lipinski definition) is 5. The van der Waals surface area contributed by atoms with Crippen molar-refractivity contribution in [1.29, 1.82) is 0 Å². The molecule has 1 heterocycles. The molecule has 0 aliphatic heterocycles. The zero-order valence-corrected chi connectivity index (χ0v) is 15.0. The first-order valence-corrected chi connectivity index (χ1v) is 9.54. The predicted molar refractivity (Wildman–Crippen MR) is 97.3 cm³/mol. The fourth-order valence-electron chi connectivity index (χ4n) is 3.70. The van der Waals surface area contributed by atoms with E-state index >= 15 is 0 Å². The topological polar surface area (TPSA) is 71.2 Å². The van der Waals surface area contributed by atoms with E-state index in [2.05, 4.69) is 39.7 Å². The van der Waals surface area contributed by atoms with Gasteiger partial charge in [0.05, 0.1) is 0 Å². The number of aromatic nitrogens is 2. The molecule has 5 heteroatoms. The van der Waals surface area contributed by atoms with Crippen LogP contribution in [0.25, 0.3) is 0 Å². The van der Waals surface area contributed by atoms with E-state index < -0.39 is 0 Å². The lowest BCUT2D eigenvalue weighted by molar-refractivity contribution is 0.250. The van der Waals surface area contributed by atoms with Gasteiger partial charge in [0.25, 0.3) is 0 Å². The van der Waals surface area contributed by atoms with Crippen LogP contribution < -0.4 is 5.32 Å². The number of benzene rings is 1. The summed E-state index contributed by atoms with van der Waals surface area (Å²) >= 11 is 0. The number of nitrogens with one attached hydrogen (secondary N) is 1. The normalized spacial score (nSPS) is 22.0. The molecule has 2 N–H and O–H groups in total. The Balaban J connectivity index is 1.55. The van der Waals surface area contributed by atoms with E-state index in [-0.39, 0.29) is 6.61 Å². The van der Waals surface area contributed by atoms with E-state index in [1.54, 1.807) is 0 Å². The summed E-state index contributed by atoms with van der Waals surface area (Å²) < 4.78 is 5.42. The molecule has 3 rings (SSSR count). The maximum Gasteiger partial charge on any atom is 0.229 e. The Kier molecular flexibility index (Phi) is 6.59. The average molecular weight is 343 g/mol. The molecule has 1 atom stereocenters. The monoisotopic (exact) mass is 343 g/mol. The Morgan fingerprint density at radius 2 is 1.96 bits per heavy atom. The Morgan fingerprint density at radius 3 is 2.60 bits per heavy atom. The first-order chi connectivity index (χ1) is 12.3. The fraction of sp³-hybridized carbons (Fsp3) is 0.600. The highest BCUT2D eigenvalue weighted by Crippen LogP contribution is 2.33. The molecular formula is C20H29N3O2. The van der Waals surface area contributed by atoms with E-state index in [1.807, 2.05) is 13.0 Å². The minimum absolute atomic E-state index is 0.245. The van der Waals surface area contributed by atoms with Gasteiger partial charge >= 0.3 is 0 Å². The summed E-state index contributed by atoms with van der Waals surface area (Å²) in [5, 5.41) is 17.0. The molecule has 1 fully saturated rings. The maximum absolute atomic E-state index is 9.20. The van der Waals surface area contributed by atoms with E-state index in [0.717, 1.165) is 56.7 Å². The highest BCUT2D eigenvalue weighted by molar-refractivity contribution is 5.19. The minimum atomic E-state index is 0.245. The smallest absolute Gasteiger partial charge is 0.229 e. The fourth-order valence-corrected chi connectivity index (χ4v) is 3.70. The first kappa shape index (κ1) is 18.1. The molecule has 1 aliphatic carbocycles. The number of rotatable bonds is 8. The van der Waals surface area contributed by atoms with Crippen molar-refractivity contribution in [2.24, 2.45) is 0 Å². The van der Waals surface area contributed by atoms with E-state index in [1.165, 1.54) is 5.56 Å². The van der Waals surface area contributed by atoms with Crippen LogP contribution in [0, 0.1) is 0 Å². The molecular weight excluding hydrogens is 314 g/mol. The Bertz CT molecular complexity index is 621. The van der Waals surface area contributed by atoms with Crippen molar-refractivity contribution in [3.05, 3.63) is 47.6 Å². The van der Waals surface area contributed by atoms with Gasteiger partial charge in [0, 0.05) is 31.0 Å². The number of hydrogen-bond donors (Lipinski definition) is 2. The third kappa shape index (κ3) is 4.89. The van der Waals surface area contributed by atoms with Crippen molar-refractivity contribution in [3.63, 3.8) is 0 Å². The largest absolute Gasteiger partial charge is 0.396 e. The van der Waals surface area contributed by atoms with Gasteiger partial charge in [-0.15, -0.1) is 0 Å². The van der Waals surface area contributed by atoms with Crippen LogP contribution in [0.1, 0.15) is 74.7 Å². The number of aryl methyl sites for hydroxylation is 1. The van der Waals surface area contributed by atoms with Crippen LogP contribution in [0.15, 0.2) is 34.9 Å². The molecule has 1 aromatic heterocycles. The zero-order valence-electron chi connectivity index (χ0n) is 15.0. The third-order valence-corrected chi connectivity index (χ3v) is 5.17. The molecule has 1 aliphatic rings. The molecule has 0 bridgehead atoms. The number of nitrogens with zero attached hydrogens (tertiary/aromatic N) is 2. The molecule has 1 unspecified atom stereocenters. The summed E-state index contributed by atoms with van der Waals surface area (Å²) in [4.78, 5) is 4.50. The lowest BCUT2D eigenvalue weighted by atomic mass is 9.85. The maximum atomic E-state index is 9.20. The number of aliphatic hydroxyl groups excluding tert-OH is 1. The molecule has 5 nitrogen and oxygen atoms in total. The van der Waals surface area contributed by atoms with Crippen molar-refractivity contribution < 1.29 is 9.63 Å². The van der Waals surface area contributed by atoms with Crippen LogP contribution in [-0.4, -0.2) is 27.9 Å². The lowest BCUT2D eigenvalue weighted by Crippen LogP contribution is -2.36. The minimum Gasteiger partial charge on any atom is -0.396 e. The van der Waals surface area contributed by atoms with Crippen molar-refractivity contribution in [1.82, 2.24) is 15.5 Å². The van der Waals surface area contributed by atoms with Crippen LogP contribution in [-0.2, 0) is 6.42 Å². The lowest BCUT2D eigenvalue weighted by Gasteiger charge is -2.31. The van der Waals surface area contributed by atoms with E-state index in [9.17, 15) is 5.11 Å². The molecule has 0 spiro atoms. The van der Waals surface area contributed by atoms with E-state index in [4.69, 9.17) is 4.52 Å². The molecule has 1 aromatic carbocycles. The number of aliphatic hydroxyl groups is 1. The standard InChI is InChI=1S/C20H29N3O2/c1-2-19-22-20(25-23-19)16-10-12-17(13-11-16)21-18(9-6-14-24)15-7-4-3-5-8-15/h3-5,7-8,16-18,21,24H,2,6,9-14H2,1H3. The van der Waals surface area contributed by atoms with Gasteiger partial charge in [-0.25, -0.2) is 0 Å².